The summed E-state index contributed by atoms with van der Waals surface area (Å²) in [4.78, 5) is 0.0475. The monoisotopic (exact) mass is 339 g/mol. The fourth-order valence-electron chi connectivity index (χ4n) is 1.93. The van der Waals surface area contributed by atoms with Crippen molar-refractivity contribution in [2.45, 2.75) is 24.6 Å². The van der Waals surface area contributed by atoms with E-state index in [2.05, 4.69) is 0 Å². The van der Waals surface area contributed by atoms with Crippen molar-refractivity contribution in [3.05, 3.63) is 22.7 Å². The van der Waals surface area contributed by atoms with Crippen LogP contribution in [0.15, 0.2) is 17.0 Å². The van der Waals surface area contributed by atoms with Gasteiger partial charge in [-0.15, -0.1) is 11.6 Å². The van der Waals surface area contributed by atoms with Crippen LogP contribution >= 0.6 is 23.2 Å². The van der Waals surface area contributed by atoms with Gasteiger partial charge in [-0.25, -0.2) is 12.7 Å². The van der Waals surface area contributed by atoms with Crippen LogP contribution in [0.5, 0.6) is 5.75 Å². The van der Waals surface area contributed by atoms with Gasteiger partial charge in [0, 0.05) is 24.2 Å². The van der Waals surface area contributed by atoms with E-state index in [1.54, 1.807) is 6.07 Å². The number of sulfonamides is 1. The average Bonchev–Trinajstić information content (AvgIpc) is 2.36. The van der Waals surface area contributed by atoms with Crippen LogP contribution in [0.2, 0.25) is 5.02 Å². The average molecular weight is 340 g/mol. The van der Waals surface area contributed by atoms with E-state index in [0.717, 1.165) is 0 Å². The van der Waals surface area contributed by atoms with Gasteiger partial charge in [0.05, 0.1) is 13.0 Å². The zero-order chi connectivity index (χ0) is 15.5. The number of ether oxygens (including phenoxy) is 1. The largest absolute Gasteiger partial charge is 0.495 e. The molecule has 0 saturated heterocycles. The van der Waals surface area contributed by atoms with Gasteiger partial charge in [0.1, 0.15) is 10.6 Å². The highest BCUT2D eigenvalue weighted by Crippen LogP contribution is 2.34. The Morgan fingerprint density at radius 1 is 1.35 bits per heavy atom. The molecule has 20 heavy (non-hydrogen) atoms. The van der Waals surface area contributed by atoms with Gasteiger partial charge in [0.15, 0.2) is 0 Å². The molecule has 0 heterocycles. The molecule has 0 fully saturated rings. The predicted molar refractivity (Wildman–Crippen MR) is 82.2 cm³/mol. The Bertz CT molecular complexity index is 573. The highest BCUT2D eigenvalue weighted by Gasteiger charge is 2.27. The second kappa shape index (κ2) is 6.98. The van der Waals surface area contributed by atoms with Gasteiger partial charge in [0.25, 0.3) is 0 Å². The second-order valence-electron chi connectivity index (χ2n) is 4.91. The SMILES string of the molecule is COc1c(CCl)cc(Cl)cc1S(=O)(=O)N(C)CC(C)C. The number of benzene rings is 1. The molecule has 0 unspecified atom stereocenters. The number of hydrogen-bond acceptors (Lipinski definition) is 3. The van der Waals surface area contributed by atoms with Crippen molar-refractivity contribution >= 4 is 33.2 Å². The van der Waals surface area contributed by atoms with Crippen LogP contribution in [0.4, 0.5) is 0 Å². The fraction of sp³-hybridized carbons (Fsp3) is 0.538. The van der Waals surface area contributed by atoms with Gasteiger partial charge >= 0.3 is 0 Å². The van der Waals surface area contributed by atoms with E-state index in [4.69, 9.17) is 27.9 Å². The quantitative estimate of drug-likeness (QED) is 0.746. The van der Waals surface area contributed by atoms with Crippen LogP contribution in [-0.4, -0.2) is 33.4 Å². The van der Waals surface area contributed by atoms with Crippen molar-refractivity contribution in [3.8, 4) is 5.75 Å². The molecular formula is C13H19Cl2NO3S. The van der Waals surface area contributed by atoms with E-state index in [-0.39, 0.29) is 22.4 Å². The Kier molecular flexibility index (Phi) is 6.13. The molecule has 1 aromatic carbocycles. The zero-order valence-corrected chi connectivity index (χ0v) is 14.3. The van der Waals surface area contributed by atoms with Crippen molar-refractivity contribution < 1.29 is 13.2 Å². The summed E-state index contributed by atoms with van der Waals surface area (Å²) >= 11 is 11.8. The lowest BCUT2D eigenvalue weighted by molar-refractivity contribution is 0.388. The predicted octanol–water partition coefficient (Wildman–Crippen LogP) is 3.36. The summed E-state index contributed by atoms with van der Waals surface area (Å²) in [7, 11) is -0.711. The minimum Gasteiger partial charge on any atom is -0.495 e. The molecule has 0 aliphatic rings. The maximum Gasteiger partial charge on any atom is 0.246 e. The standard InChI is InChI=1S/C13H19Cl2NO3S/c1-9(2)8-16(3)20(17,18)12-6-11(15)5-10(7-14)13(12)19-4/h5-6,9H,7-8H2,1-4H3. The summed E-state index contributed by atoms with van der Waals surface area (Å²) < 4.78 is 31.7. The number of nitrogens with zero attached hydrogens (tertiary/aromatic N) is 1. The molecule has 0 aromatic heterocycles. The fourth-order valence-corrected chi connectivity index (χ4v) is 3.98. The Labute approximate surface area is 130 Å². The van der Waals surface area contributed by atoms with E-state index in [1.807, 2.05) is 13.8 Å². The number of hydrogen-bond donors (Lipinski definition) is 0. The number of halogens is 2. The van der Waals surface area contributed by atoms with Crippen LogP contribution < -0.4 is 4.74 Å². The van der Waals surface area contributed by atoms with Gasteiger partial charge in [0.2, 0.25) is 10.0 Å². The first-order valence-electron chi connectivity index (χ1n) is 6.12. The molecule has 0 bridgehead atoms. The minimum atomic E-state index is -3.67. The molecule has 0 amide bonds. The van der Waals surface area contributed by atoms with Crippen LogP contribution in [-0.2, 0) is 15.9 Å². The molecule has 7 heteroatoms. The first kappa shape index (κ1) is 17.6. The topological polar surface area (TPSA) is 46.6 Å². The van der Waals surface area contributed by atoms with Gasteiger partial charge in [-0.2, -0.15) is 0 Å². The van der Waals surface area contributed by atoms with Crippen LogP contribution in [0.25, 0.3) is 0 Å². The third-order valence-electron chi connectivity index (χ3n) is 2.76. The summed E-state index contributed by atoms with van der Waals surface area (Å²) in [5.41, 5.74) is 0.554. The number of alkyl halides is 1. The maximum atomic E-state index is 12.6. The molecule has 1 rings (SSSR count). The summed E-state index contributed by atoms with van der Waals surface area (Å²) in [6, 6.07) is 3.00. The molecule has 1 aromatic rings. The smallest absolute Gasteiger partial charge is 0.246 e. The summed E-state index contributed by atoms with van der Waals surface area (Å²) in [5, 5.41) is 0.318. The van der Waals surface area contributed by atoms with Gasteiger partial charge in [-0.1, -0.05) is 25.4 Å². The summed E-state index contributed by atoms with van der Waals surface area (Å²) in [5.74, 6) is 0.590. The Morgan fingerprint density at radius 3 is 2.40 bits per heavy atom. The van der Waals surface area contributed by atoms with E-state index < -0.39 is 10.0 Å². The molecule has 0 spiro atoms. The third kappa shape index (κ3) is 3.79. The van der Waals surface area contributed by atoms with Crippen LogP contribution in [0.3, 0.4) is 0 Å². The van der Waals surface area contributed by atoms with Crippen LogP contribution in [0, 0.1) is 5.92 Å². The second-order valence-corrected chi connectivity index (χ2v) is 7.63. The normalized spacial score (nSPS) is 12.2. The molecule has 0 atom stereocenters. The maximum absolute atomic E-state index is 12.6. The highest BCUT2D eigenvalue weighted by molar-refractivity contribution is 7.89. The Hall–Kier alpha value is -0.490. The molecule has 0 aliphatic heterocycles. The molecular weight excluding hydrogens is 321 g/mol. The lowest BCUT2D eigenvalue weighted by Crippen LogP contribution is -2.30. The molecule has 4 nitrogen and oxygen atoms in total. The Balaban J connectivity index is 3.41. The van der Waals surface area contributed by atoms with Crippen molar-refractivity contribution in [1.29, 1.82) is 0 Å². The van der Waals surface area contributed by atoms with E-state index in [0.29, 0.717) is 17.1 Å². The first-order chi connectivity index (χ1) is 9.23. The van der Waals surface area contributed by atoms with Gasteiger partial charge in [-0.3, -0.25) is 0 Å². The van der Waals surface area contributed by atoms with Gasteiger partial charge < -0.3 is 4.74 Å². The number of rotatable bonds is 6. The first-order valence-corrected chi connectivity index (χ1v) is 8.48. The van der Waals surface area contributed by atoms with Crippen molar-refractivity contribution in [3.63, 3.8) is 0 Å². The molecule has 0 aliphatic carbocycles. The van der Waals surface area contributed by atoms with Crippen LogP contribution in [0.1, 0.15) is 19.4 Å². The van der Waals surface area contributed by atoms with Crippen molar-refractivity contribution in [1.82, 2.24) is 4.31 Å². The molecule has 114 valence electrons. The lowest BCUT2D eigenvalue weighted by atomic mass is 10.2. The van der Waals surface area contributed by atoms with E-state index in [9.17, 15) is 8.42 Å². The molecule has 0 saturated carbocycles. The number of methoxy groups -OCH3 is 1. The van der Waals surface area contributed by atoms with Crippen molar-refractivity contribution in [2.24, 2.45) is 5.92 Å². The van der Waals surface area contributed by atoms with E-state index in [1.165, 1.54) is 24.5 Å². The highest BCUT2D eigenvalue weighted by atomic mass is 35.5. The third-order valence-corrected chi connectivity index (χ3v) is 5.09. The van der Waals surface area contributed by atoms with Gasteiger partial charge in [-0.05, 0) is 18.1 Å². The molecule has 0 N–H and O–H groups in total. The summed E-state index contributed by atoms with van der Waals surface area (Å²) in [6.45, 7) is 4.31. The van der Waals surface area contributed by atoms with Crippen molar-refractivity contribution in [2.75, 3.05) is 20.7 Å². The summed E-state index contributed by atoms with van der Waals surface area (Å²) in [6.07, 6.45) is 0. The molecule has 0 radical (unpaired) electrons. The minimum absolute atomic E-state index is 0.0475. The van der Waals surface area contributed by atoms with E-state index >= 15 is 0 Å². The lowest BCUT2D eigenvalue weighted by Gasteiger charge is -2.21. The Morgan fingerprint density at radius 2 is 1.95 bits per heavy atom. The zero-order valence-electron chi connectivity index (χ0n) is 12.0.